The number of aliphatic hydroxyl groups is 1. The first-order valence-electron chi connectivity index (χ1n) is 11.0. The minimum atomic E-state index is -1.13. The van der Waals surface area contributed by atoms with E-state index in [1.54, 1.807) is 6.92 Å². The third-order valence-electron chi connectivity index (χ3n) is 6.32. The summed E-state index contributed by atoms with van der Waals surface area (Å²) < 4.78 is 5.81. The van der Waals surface area contributed by atoms with E-state index in [2.05, 4.69) is 25.2 Å². The van der Waals surface area contributed by atoms with Gasteiger partial charge in [0.15, 0.2) is 0 Å². The van der Waals surface area contributed by atoms with Crippen LogP contribution in [0.2, 0.25) is 0 Å². The molecule has 6 heteroatoms. The van der Waals surface area contributed by atoms with Crippen LogP contribution in [0.5, 0.6) is 5.75 Å². The van der Waals surface area contributed by atoms with Gasteiger partial charge in [0.2, 0.25) is 0 Å². The van der Waals surface area contributed by atoms with E-state index in [-0.39, 0.29) is 25.0 Å². The average Bonchev–Trinajstić information content (AvgIpc) is 3.30. The second kappa shape index (κ2) is 8.35. The van der Waals surface area contributed by atoms with Gasteiger partial charge >= 0.3 is 6.03 Å². The van der Waals surface area contributed by atoms with Crippen molar-refractivity contribution in [2.75, 3.05) is 13.2 Å². The van der Waals surface area contributed by atoms with Gasteiger partial charge in [-0.3, -0.25) is 9.69 Å². The standard InChI is InChI=1S/C25H30N2O4/c1-16(2)21-9-4-5-10-22(21)31-15-20(28)14-27-23(29)25(3,26-24(27)30)19-12-11-17-7-6-8-18(17)13-19/h4-5,9-13,16,20,28H,6-8,14-15H2,1-3H3,(H,26,30). The molecule has 1 fully saturated rings. The maximum absolute atomic E-state index is 13.2. The van der Waals surface area contributed by atoms with Gasteiger partial charge in [-0.2, -0.15) is 0 Å². The first-order valence-corrected chi connectivity index (χ1v) is 11.0. The number of carbonyl (C=O) groups is 2. The van der Waals surface area contributed by atoms with Crippen LogP contribution in [0.25, 0.3) is 0 Å². The maximum atomic E-state index is 13.2. The third kappa shape index (κ3) is 4.04. The molecule has 2 aromatic carbocycles. The van der Waals surface area contributed by atoms with Gasteiger partial charge in [0, 0.05) is 0 Å². The van der Waals surface area contributed by atoms with Crippen LogP contribution in [-0.4, -0.2) is 41.2 Å². The molecule has 0 saturated carbocycles. The zero-order chi connectivity index (χ0) is 22.2. The van der Waals surface area contributed by atoms with Crippen molar-refractivity contribution in [1.29, 1.82) is 0 Å². The zero-order valence-electron chi connectivity index (χ0n) is 18.4. The van der Waals surface area contributed by atoms with Crippen molar-refractivity contribution in [2.24, 2.45) is 0 Å². The predicted octanol–water partition coefficient (Wildman–Crippen LogP) is 3.51. The molecule has 2 aliphatic rings. The Morgan fingerprint density at radius 1 is 1.13 bits per heavy atom. The summed E-state index contributed by atoms with van der Waals surface area (Å²) in [5.74, 6) is 0.640. The molecule has 164 valence electrons. The Morgan fingerprint density at radius 2 is 1.87 bits per heavy atom. The summed E-state index contributed by atoms with van der Waals surface area (Å²) in [5, 5.41) is 13.3. The van der Waals surface area contributed by atoms with Crippen LogP contribution < -0.4 is 10.1 Å². The molecule has 2 atom stereocenters. The molecule has 3 amide bonds. The number of benzene rings is 2. The monoisotopic (exact) mass is 422 g/mol. The van der Waals surface area contributed by atoms with E-state index in [1.807, 2.05) is 36.4 Å². The largest absolute Gasteiger partial charge is 0.491 e. The van der Waals surface area contributed by atoms with Gasteiger partial charge < -0.3 is 15.2 Å². The number of nitrogens with one attached hydrogen (secondary N) is 1. The Hall–Kier alpha value is -2.86. The van der Waals surface area contributed by atoms with Crippen molar-refractivity contribution < 1.29 is 19.4 Å². The molecule has 0 bridgehead atoms. The number of amides is 3. The Balaban J connectivity index is 1.43. The Bertz CT molecular complexity index is 1000. The molecule has 1 saturated heterocycles. The normalized spacial score (nSPS) is 21.4. The van der Waals surface area contributed by atoms with Crippen molar-refractivity contribution >= 4 is 11.9 Å². The van der Waals surface area contributed by atoms with Crippen LogP contribution in [0.15, 0.2) is 42.5 Å². The molecule has 31 heavy (non-hydrogen) atoms. The second-order valence-electron chi connectivity index (χ2n) is 8.97. The number of fused-ring (bicyclic) bond motifs is 1. The number of aliphatic hydroxyl groups excluding tert-OH is 1. The number of aryl methyl sites for hydroxylation is 2. The van der Waals surface area contributed by atoms with E-state index < -0.39 is 17.7 Å². The fourth-order valence-electron chi connectivity index (χ4n) is 4.48. The zero-order valence-corrected chi connectivity index (χ0v) is 18.4. The van der Waals surface area contributed by atoms with Crippen molar-refractivity contribution in [3.63, 3.8) is 0 Å². The van der Waals surface area contributed by atoms with E-state index in [4.69, 9.17) is 4.74 Å². The van der Waals surface area contributed by atoms with Crippen molar-refractivity contribution in [3.05, 3.63) is 64.7 Å². The van der Waals surface area contributed by atoms with E-state index in [0.717, 1.165) is 35.3 Å². The fraction of sp³-hybridized carbons (Fsp3) is 0.440. The van der Waals surface area contributed by atoms with Gasteiger partial charge in [0.25, 0.3) is 5.91 Å². The van der Waals surface area contributed by atoms with Crippen molar-refractivity contribution in [1.82, 2.24) is 10.2 Å². The quantitative estimate of drug-likeness (QED) is 0.670. The molecular weight excluding hydrogens is 392 g/mol. The number of rotatable bonds is 7. The molecule has 4 rings (SSSR count). The first kappa shape index (κ1) is 21.4. The summed E-state index contributed by atoms with van der Waals surface area (Å²) >= 11 is 0. The van der Waals surface area contributed by atoms with Gasteiger partial charge in [0.05, 0.1) is 6.54 Å². The number of para-hydroxylation sites is 1. The molecule has 2 unspecified atom stereocenters. The summed E-state index contributed by atoms with van der Waals surface area (Å²) in [7, 11) is 0. The van der Waals surface area contributed by atoms with Gasteiger partial charge in [-0.05, 0) is 60.4 Å². The highest BCUT2D eigenvalue weighted by atomic mass is 16.5. The summed E-state index contributed by atoms with van der Waals surface area (Å²) in [6.07, 6.45) is 2.19. The maximum Gasteiger partial charge on any atom is 0.325 e. The van der Waals surface area contributed by atoms with E-state index >= 15 is 0 Å². The third-order valence-corrected chi connectivity index (χ3v) is 6.32. The predicted molar refractivity (Wildman–Crippen MR) is 118 cm³/mol. The molecule has 2 N–H and O–H groups in total. The summed E-state index contributed by atoms with van der Waals surface area (Å²) in [6.45, 7) is 5.76. The lowest BCUT2D eigenvalue weighted by molar-refractivity contribution is -0.132. The molecule has 1 aliphatic carbocycles. The molecule has 2 aromatic rings. The second-order valence-corrected chi connectivity index (χ2v) is 8.97. The van der Waals surface area contributed by atoms with Crippen molar-refractivity contribution in [3.8, 4) is 5.75 Å². The lowest BCUT2D eigenvalue weighted by Gasteiger charge is -2.24. The van der Waals surface area contributed by atoms with Crippen molar-refractivity contribution in [2.45, 2.75) is 57.6 Å². The van der Waals surface area contributed by atoms with Gasteiger partial charge in [-0.25, -0.2) is 4.79 Å². The minimum Gasteiger partial charge on any atom is -0.491 e. The summed E-state index contributed by atoms with van der Waals surface area (Å²) in [5.41, 5.74) is 3.27. The molecule has 0 radical (unpaired) electrons. The number of nitrogens with zero attached hydrogens (tertiary/aromatic N) is 1. The minimum absolute atomic E-state index is 0.00362. The molecule has 6 nitrogen and oxygen atoms in total. The van der Waals surface area contributed by atoms with Crippen LogP contribution >= 0.6 is 0 Å². The van der Waals surface area contributed by atoms with E-state index in [9.17, 15) is 14.7 Å². The fourth-order valence-corrected chi connectivity index (χ4v) is 4.48. The summed E-state index contributed by atoms with van der Waals surface area (Å²) in [6, 6.07) is 13.2. The SMILES string of the molecule is CC(C)c1ccccc1OCC(O)CN1C(=O)NC(C)(c2ccc3c(c2)CCC3)C1=O. The molecule has 0 aromatic heterocycles. The number of ether oxygens (including phenoxy) is 1. The lowest BCUT2D eigenvalue weighted by Crippen LogP contribution is -2.42. The topological polar surface area (TPSA) is 78.9 Å². The molecule has 0 spiro atoms. The highest BCUT2D eigenvalue weighted by molar-refractivity contribution is 6.07. The lowest BCUT2D eigenvalue weighted by atomic mass is 9.89. The van der Waals surface area contributed by atoms with Crippen LogP contribution in [0, 0.1) is 0 Å². The van der Waals surface area contributed by atoms with Gasteiger partial charge in [-0.1, -0.05) is 50.2 Å². The molecule has 1 aliphatic heterocycles. The van der Waals surface area contributed by atoms with E-state index in [1.165, 1.54) is 11.1 Å². The summed E-state index contributed by atoms with van der Waals surface area (Å²) in [4.78, 5) is 26.9. The number of carbonyl (C=O) groups excluding carboxylic acids is 2. The smallest absolute Gasteiger partial charge is 0.325 e. The number of β-amino-alcohol motifs (C(OH)–C–C–N with tert-alkyl or cyclic N) is 1. The first-order chi connectivity index (χ1) is 14.8. The number of hydrogen-bond donors (Lipinski definition) is 2. The average molecular weight is 423 g/mol. The van der Waals surface area contributed by atoms with Gasteiger partial charge in [-0.15, -0.1) is 0 Å². The molecular formula is C25H30N2O4. The van der Waals surface area contributed by atoms with Crippen LogP contribution in [0.3, 0.4) is 0 Å². The Kier molecular flexibility index (Phi) is 5.75. The number of urea groups is 1. The van der Waals surface area contributed by atoms with Crippen LogP contribution in [-0.2, 0) is 23.2 Å². The molecule has 1 heterocycles. The van der Waals surface area contributed by atoms with Crippen LogP contribution in [0.4, 0.5) is 4.79 Å². The highest BCUT2D eigenvalue weighted by Crippen LogP contribution is 2.33. The number of hydrogen-bond acceptors (Lipinski definition) is 4. The van der Waals surface area contributed by atoms with E-state index in [0.29, 0.717) is 5.75 Å². The highest BCUT2D eigenvalue weighted by Gasteiger charge is 2.49. The van der Waals surface area contributed by atoms with Crippen LogP contribution in [0.1, 0.15) is 55.4 Å². The Morgan fingerprint density at radius 3 is 2.65 bits per heavy atom. The van der Waals surface area contributed by atoms with Gasteiger partial charge in [0.1, 0.15) is 24.0 Å². The Labute approximate surface area is 183 Å². The number of imide groups is 1.